The van der Waals surface area contributed by atoms with E-state index in [9.17, 15) is 0 Å². The number of nitrogens with zero attached hydrogens (tertiary/aromatic N) is 4. The number of aromatic nitrogens is 2. The van der Waals surface area contributed by atoms with Gasteiger partial charge in [0, 0.05) is 54.8 Å². The van der Waals surface area contributed by atoms with Crippen LogP contribution < -0.4 is 14.8 Å². The number of hydrogen-bond acceptors (Lipinski definition) is 6. The van der Waals surface area contributed by atoms with Crippen LogP contribution in [0, 0.1) is 0 Å². The van der Waals surface area contributed by atoms with Gasteiger partial charge in [-0.2, -0.15) is 0 Å². The molecule has 2 aromatic rings. The third kappa shape index (κ3) is 2.94. The monoisotopic (exact) mass is 381 g/mol. The van der Waals surface area contributed by atoms with E-state index in [2.05, 4.69) is 21.1 Å². The van der Waals surface area contributed by atoms with E-state index in [1.807, 2.05) is 18.3 Å². The maximum Gasteiger partial charge on any atom is 0.176 e. The predicted octanol–water partition coefficient (Wildman–Crippen LogP) is 3.20. The largest absolute Gasteiger partial charge is 0.493 e. The van der Waals surface area contributed by atoms with Crippen LogP contribution in [-0.2, 0) is 13.0 Å². The predicted molar refractivity (Wildman–Crippen MR) is 108 cm³/mol. The van der Waals surface area contributed by atoms with Crippen molar-refractivity contribution in [2.75, 3.05) is 26.1 Å². The fourth-order valence-electron chi connectivity index (χ4n) is 4.70. The molecule has 1 aromatic heterocycles. The fourth-order valence-corrected chi connectivity index (χ4v) is 4.70. The van der Waals surface area contributed by atoms with Crippen LogP contribution in [-0.4, -0.2) is 47.7 Å². The minimum atomic E-state index is -0.0876. The SMILES string of the molecule is COc1cc2c(cc1OC)NC(N1CCc3c(ncn3C3CCCC3)C1)N=C2. The van der Waals surface area contributed by atoms with Gasteiger partial charge in [-0.1, -0.05) is 12.8 Å². The number of anilines is 1. The van der Waals surface area contributed by atoms with Crippen molar-refractivity contribution in [2.45, 2.75) is 51.0 Å². The van der Waals surface area contributed by atoms with Gasteiger partial charge in [0.05, 0.1) is 26.2 Å². The van der Waals surface area contributed by atoms with E-state index in [1.165, 1.54) is 37.1 Å². The fraction of sp³-hybridized carbons (Fsp3) is 0.524. The van der Waals surface area contributed by atoms with E-state index in [0.29, 0.717) is 11.8 Å². The summed E-state index contributed by atoms with van der Waals surface area (Å²) in [6.07, 6.45) is 10.2. The van der Waals surface area contributed by atoms with Gasteiger partial charge in [0.1, 0.15) is 0 Å². The molecule has 7 nitrogen and oxygen atoms in total. The van der Waals surface area contributed by atoms with E-state index in [0.717, 1.165) is 36.5 Å². The minimum Gasteiger partial charge on any atom is -0.493 e. The quantitative estimate of drug-likeness (QED) is 0.881. The molecular formula is C21H27N5O2. The lowest BCUT2D eigenvalue weighted by Gasteiger charge is -2.35. The lowest BCUT2D eigenvalue weighted by molar-refractivity contribution is 0.196. The molecule has 2 aliphatic heterocycles. The van der Waals surface area contributed by atoms with Crippen LogP contribution in [0.5, 0.6) is 11.5 Å². The second-order valence-electron chi connectivity index (χ2n) is 7.79. The first kappa shape index (κ1) is 17.6. The van der Waals surface area contributed by atoms with Crippen molar-refractivity contribution < 1.29 is 9.47 Å². The number of hydrogen-bond donors (Lipinski definition) is 1. The van der Waals surface area contributed by atoms with Gasteiger partial charge in [-0.15, -0.1) is 0 Å². The van der Waals surface area contributed by atoms with Crippen LogP contribution in [0.15, 0.2) is 23.5 Å². The van der Waals surface area contributed by atoms with Gasteiger partial charge >= 0.3 is 0 Å². The van der Waals surface area contributed by atoms with Gasteiger partial charge < -0.3 is 19.4 Å². The van der Waals surface area contributed by atoms with Gasteiger partial charge in [0.25, 0.3) is 0 Å². The van der Waals surface area contributed by atoms with Crippen molar-refractivity contribution in [3.05, 3.63) is 35.4 Å². The Morgan fingerprint density at radius 3 is 2.68 bits per heavy atom. The molecule has 5 rings (SSSR count). The number of benzene rings is 1. The molecule has 1 saturated carbocycles. The maximum absolute atomic E-state index is 5.45. The Bertz CT molecular complexity index is 900. The summed E-state index contributed by atoms with van der Waals surface area (Å²) in [6.45, 7) is 1.80. The molecule has 0 amide bonds. The molecule has 0 bridgehead atoms. The van der Waals surface area contributed by atoms with Crippen LogP contribution in [0.25, 0.3) is 0 Å². The summed E-state index contributed by atoms with van der Waals surface area (Å²) in [5, 5.41) is 3.54. The summed E-state index contributed by atoms with van der Waals surface area (Å²) in [5.41, 5.74) is 4.65. The average Bonchev–Trinajstić information content (AvgIpc) is 3.41. The van der Waals surface area contributed by atoms with Gasteiger partial charge in [-0.25, -0.2) is 4.98 Å². The van der Waals surface area contributed by atoms with E-state index >= 15 is 0 Å². The molecule has 28 heavy (non-hydrogen) atoms. The Morgan fingerprint density at radius 2 is 1.89 bits per heavy atom. The molecule has 1 aromatic carbocycles. The number of ether oxygens (including phenoxy) is 2. The smallest absolute Gasteiger partial charge is 0.176 e. The highest BCUT2D eigenvalue weighted by atomic mass is 16.5. The maximum atomic E-state index is 5.45. The number of rotatable bonds is 4. The topological polar surface area (TPSA) is 63.9 Å². The molecule has 148 valence electrons. The average molecular weight is 381 g/mol. The molecule has 1 unspecified atom stereocenters. The van der Waals surface area contributed by atoms with Gasteiger partial charge in [0.2, 0.25) is 0 Å². The Balaban J connectivity index is 1.34. The molecule has 3 heterocycles. The van der Waals surface area contributed by atoms with Gasteiger partial charge in [0.15, 0.2) is 17.8 Å². The van der Waals surface area contributed by atoms with Crippen LogP contribution in [0.3, 0.4) is 0 Å². The summed E-state index contributed by atoms with van der Waals surface area (Å²) in [7, 11) is 3.31. The van der Waals surface area contributed by atoms with E-state index in [-0.39, 0.29) is 6.29 Å². The molecular weight excluding hydrogens is 354 g/mol. The standard InChI is InChI=1S/C21H27N5O2/c1-27-19-9-14-11-22-21(24-16(14)10-20(19)28-2)25-8-7-18-17(12-25)23-13-26(18)15-5-3-4-6-15/h9-11,13,15,21,24H,3-8,12H2,1-2H3. The number of imidazole rings is 1. The first-order valence-corrected chi connectivity index (χ1v) is 10.1. The molecule has 1 fully saturated rings. The molecule has 7 heteroatoms. The molecule has 1 N–H and O–H groups in total. The Labute approximate surface area is 165 Å². The molecule has 0 spiro atoms. The molecule has 3 aliphatic rings. The zero-order valence-electron chi connectivity index (χ0n) is 16.5. The normalized spacial score (nSPS) is 21.9. The van der Waals surface area contributed by atoms with E-state index in [4.69, 9.17) is 19.5 Å². The number of methoxy groups -OCH3 is 2. The highest BCUT2D eigenvalue weighted by Gasteiger charge is 2.30. The van der Waals surface area contributed by atoms with Gasteiger partial charge in [-0.05, 0) is 18.9 Å². The molecule has 1 atom stereocenters. The first-order valence-electron chi connectivity index (χ1n) is 10.1. The van der Waals surface area contributed by atoms with Crippen molar-refractivity contribution >= 4 is 11.9 Å². The zero-order valence-corrected chi connectivity index (χ0v) is 16.5. The van der Waals surface area contributed by atoms with Gasteiger partial charge in [-0.3, -0.25) is 9.89 Å². The summed E-state index contributed by atoms with van der Waals surface area (Å²) in [5.74, 6) is 1.44. The summed E-state index contributed by atoms with van der Waals surface area (Å²) in [4.78, 5) is 11.8. The summed E-state index contributed by atoms with van der Waals surface area (Å²) < 4.78 is 13.3. The van der Waals surface area contributed by atoms with Crippen molar-refractivity contribution in [1.29, 1.82) is 0 Å². The second kappa shape index (κ2) is 7.13. The Kier molecular flexibility index (Phi) is 4.47. The Hall–Kier alpha value is -2.54. The minimum absolute atomic E-state index is 0.0876. The van der Waals surface area contributed by atoms with Crippen molar-refractivity contribution in [3.63, 3.8) is 0 Å². The lowest BCUT2D eigenvalue weighted by Crippen LogP contribution is -2.44. The van der Waals surface area contributed by atoms with Crippen LogP contribution in [0.4, 0.5) is 5.69 Å². The Morgan fingerprint density at radius 1 is 1.11 bits per heavy atom. The number of nitrogens with one attached hydrogen (secondary N) is 1. The lowest BCUT2D eigenvalue weighted by atomic mass is 10.1. The summed E-state index contributed by atoms with van der Waals surface area (Å²) in [6, 6.07) is 4.59. The highest BCUT2D eigenvalue weighted by molar-refractivity contribution is 5.91. The second-order valence-corrected chi connectivity index (χ2v) is 7.79. The van der Waals surface area contributed by atoms with Crippen molar-refractivity contribution in [3.8, 4) is 11.5 Å². The van der Waals surface area contributed by atoms with Crippen LogP contribution >= 0.6 is 0 Å². The molecule has 0 saturated heterocycles. The molecule has 0 radical (unpaired) electrons. The third-order valence-corrected chi connectivity index (χ3v) is 6.23. The van der Waals surface area contributed by atoms with E-state index in [1.54, 1.807) is 14.2 Å². The third-order valence-electron chi connectivity index (χ3n) is 6.23. The van der Waals surface area contributed by atoms with Crippen molar-refractivity contribution in [2.24, 2.45) is 4.99 Å². The van der Waals surface area contributed by atoms with E-state index < -0.39 is 0 Å². The number of fused-ring (bicyclic) bond motifs is 2. The summed E-state index contributed by atoms with van der Waals surface area (Å²) >= 11 is 0. The molecule has 1 aliphatic carbocycles. The highest BCUT2D eigenvalue weighted by Crippen LogP contribution is 2.36. The van der Waals surface area contributed by atoms with Crippen LogP contribution in [0.1, 0.15) is 48.7 Å². The van der Waals surface area contributed by atoms with Crippen molar-refractivity contribution in [1.82, 2.24) is 14.5 Å². The zero-order chi connectivity index (χ0) is 19.1. The van der Waals surface area contributed by atoms with Crippen LogP contribution in [0.2, 0.25) is 0 Å². The first-order chi connectivity index (χ1) is 13.8. The number of aliphatic imine (C=N–C) groups is 1.